The lowest BCUT2D eigenvalue weighted by atomic mass is 10.1. The fraction of sp³-hybridized carbons (Fsp3) is 0.524. The van der Waals surface area contributed by atoms with E-state index in [1.165, 1.54) is 19.0 Å². The molecule has 0 saturated carbocycles. The van der Waals surface area contributed by atoms with Crippen LogP contribution in [0.1, 0.15) is 31.7 Å². The Balaban J connectivity index is 1.15. The van der Waals surface area contributed by atoms with Gasteiger partial charge in [0.1, 0.15) is 30.3 Å². The highest BCUT2D eigenvalue weighted by molar-refractivity contribution is 7.46. The van der Waals surface area contributed by atoms with Crippen LogP contribution in [0.3, 0.4) is 0 Å². The summed E-state index contributed by atoms with van der Waals surface area (Å²) in [6, 6.07) is 0. The predicted octanol–water partition coefficient (Wildman–Crippen LogP) is -1.06. The molecule has 8 N–H and O–H groups in total. The van der Waals surface area contributed by atoms with Crippen LogP contribution in [0.4, 0.5) is 11.8 Å². The lowest BCUT2D eigenvalue weighted by Gasteiger charge is -2.24. The molecule has 4 aromatic rings. The van der Waals surface area contributed by atoms with E-state index in [1.807, 2.05) is 0 Å². The van der Waals surface area contributed by atoms with Gasteiger partial charge in [-0.1, -0.05) is 0 Å². The highest BCUT2D eigenvalue weighted by Gasteiger charge is 2.41. The van der Waals surface area contributed by atoms with Crippen LogP contribution in [0.15, 0.2) is 23.8 Å². The van der Waals surface area contributed by atoms with Gasteiger partial charge in [-0.05, 0) is 12.8 Å². The van der Waals surface area contributed by atoms with Crippen molar-refractivity contribution < 1.29 is 38.2 Å². The molecule has 3 unspecified atom stereocenters. The van der Waals surface area contributed by atoms with Gasteiger partial charge in [0.2, 0.25) is 5.95 Å². The number of nitrogens with zero attached hydrogens (tertiary/aromatic N) is 7. The number of H-pyrrole nitrogens is 1. The molecule has 0 bridgehead atoms. The second-order valence-electron chi connectivity index (χ2n) is 9.67. The molecule has 0 amide bonds. The first-order valence-corrected chi connectivity index (χ1v) is 14.1. The van der Waals surface area contributed by atoms with Gasteiger partial charge in [0.05, 0.1) is 38.1 Å². The van der Waals surface area contributed by atoms with E-state index in [1.54, 1.807) is 9.13 Å². The first kappa shape index (κ1) is 27.6. The molecule has 6 atom stereocenters. The maximum Gasteiger partial charge on any atom is 0.469 e. The minimum absolute atomic E-state index is 0.0510. The highest BCUT2D eigenvalue weighted by Crippen LogP contribution is 2.40. The van der Waals surface area contributed by atoms with Gasteiger partial charge in [0.25, 0.3) is 5.56 Å². The monoisotopic (exact) mass is 594 g/mol. The third kappa shape index (κ3) is 5.53. The number of hydrogen-bond donors (Lipinski definition) is 6. The van der Waals surface area contributed by atoms with Gasteiger partial charge >= 0.3 is 7.82 Å². The number of aliphatic hydroxyl groups is 1. The Morgan fingerprint density at radius 1 is 1.10 bits per heavy atom. The van der Waals surface area contributed by atoms with Gasteiger partial charge in [0, 0.05) is 6.42 Å². The van der Waals surface area contributed by atoms with Gasteiger partial charge in [-0.2, -0.15) is 4.98 Å². The molecule has 2 saturated heterocycles. The van der Waals surface area contributed by atoms with Crippen molar-refractivity contribution in [2.45, 2.75) is 56.1 Å². The van der Waals surface area contributed by atoms with Crippen LogP contribution in [0, 0.1) is 0 Å². The summed E-state index contributed by atoms with van der Waals surface area (Å²) in [5, 5.41) is 10.9. The predicted molar refractivity (Wildman–Crippen MR) is 138 cm³/mol. The van der Waals surface area contributed by atoms with Gasteiger partial charge in [-0.15, -0.1) is 0 Å². The second kappa shape index (κ2) is 10.7. The molecular weight excluding hydrogens is 567 g/mol. The molecule has 220 valence electrons. The van der Waals surface area contributed by atoms with Gasteiger partial charge in [-0.25, -0.2) is 24.5 Å². The Labute approximate surface area is 229 Å². The fourth-order valence-corrected chi connectivity index (χ4v) is 5.43. The number of hydrogen-bond acceptors (Lipinski definition) is 14. The summed E-state index contributed by atoms with van der Waals surface area (Å²) < 4.78 is 37.2. The molecule has 0 spiro atoms. The summed E-state index contributed by atoms with van der Waals surface area (Å²) in [6.07, 6.45) is 0.925. The summed E-state index contributed by atoms with van der Waals surface area (Å²) in [7, 11) is -4.73. The number of aliphatic hydroxyl groups excluding tert-OH is 1. The van der Waals surface area contributed by atoms with E-state index >= 15 is 0 Å². The third-order valence-electron chi connectivity index (χ3n) is 6.94. The number of nitrogen functional groups attached to an aromatic ring is 2. The number of rotatable bonds is 9. The summed E-state index contributed by atoms with van der Waals surface area (Å²) in [5.74, 6) is 0.118. The number of imidazole rings is 2. The van der Waals surface area contributed by atoms with E-state index in [4.69, 9.17) is 35.5 Å². The van der Waals surface area contributed by atoms with Crippen LogP contribution < -0.4 is 17.0 Å². The van der Waals surface area contributed by atoms with E-state index in [0.29, 0.717) is 24.0 Å². The summed E-state index contributed by atoms with van der Waals surface area (Å²) in [6.45, 7) is -0.534. The molecule has 41 heavy (non-hydrogen) atoms. The van der Waals surface area contributed by atoms with Crippen LogP contribution in [0.2, 0.25) is 0 Å². The Morgan fingerprint density at radius 3 is 2.68 bits per heavy atom. The van der Waals surface area contributed by atoms with Crippen molar-refractivity contribution in [1.82, 2.24) is 39.0 Å². The second-order valence-corrected chi connectivity index (χ2v) is 10.9. The molecule has 19 nitrogen and oxygen atoms in total. The number of ether oxygens (including phenoxy) is 3. The first-order valence-electron chi connectivity index (χ1n) is 12.5. The standard InChI is InChI=1S/C21H27N10O9P/c22-16-14-17(25-6-24-16)31(8-26-14)20-12(3-9(39-20)4-38-41(34,35)36)37-5-10(32)11-1-2-13(40-11)30-7-27-15-18(30)28-21(23)29-19(15)33/h6-13,20,32H,1-5H2,(H2,22,24,25)(H2,34,35,36)(H3,23,28,29,33)/t9-,10?,11?,12-,13+,20?/m0/s1. The number of aromatic nitrogens is 8. The van der Waals surface area contributed by atoms with Gasteiger partial charge in [-0.3, -0.25) is 23.4 Å². The maximum atomic E-state index is 12.1. The SMILES string of the molecule is Nc1nc2c(ncn2[C@H]2CCC(C(O)CO[C@H]3C[C@@H](COP(=O)(O)O)OC3n3cnc4c(N)ncnc43)O2)c(=O)[nH]1. The largest absolute Gasteiger partial charge is 0.469 e. The Morgan fingerprint density at radius 2 is 1.88 bits per heavy atom. The Kier molecular flexibility index (Phi) is 7.20. The average molecular weight is 594 g/mol. The van der Waals surface area contributed by atoms with Crippen molar-refractivity contribution in [2.75, 3.05) is 24.7 Å². The van der Waals surface area contributed by atoms with E-state index in [2.05, 4.69) is 34.4 Å². The van der Waals surface area contributed by atoms with Crippen molar-refractivity contribution in [3.8, 4) is 0 Å². The molecule has 20 heteroatoms. The van der Waals surface area contributed by atoms with Crippen LogP contribution in [-0.2, 0) is 23.3 Å². The van der Waals surface area contributed by atoms with Gasteiger partial charge < -0.3 is 40.6 Å². The molecule has 6 heterocycles. The summed E-state index contributed by atoms with van der Waals surface area (Å²) in [5.41, 5.74) is 12.2. The third-order valence-corrected chi connectivity index (χ3v) is 7.42. The quantitative estimate of drug-likeness (QED) is 0.126. The first-order chi connectivity index (χ1) is 19.6. The zero-order chi connectivity index (χ0) is 28.9. The average Bonchev–Trinajstić information content (AvgIpc) is 3.70. The number of phosphoric acid groups is 1. The zero-order valence-electron chi connectivity index (χ0n) is 21.3. The molecule has 2 fully saturated rings. The molecular formula is C21H27N10O9P. The maximum absolute atomic E-state index is 12.1. The van der Waals surface area contributed by atoms with Crippen molar-refractivity contribution in [2.24, 2.45) is 0 Å². The Hall–Kier alpha value is -3.55. The number of aromatic amines is 1. The zero-order valence-corrected chi connectivity index (χ0v) is 22.1. The normalized spacial score (nSPS) is 25.9. The number of phosphoric ester groups is 1. The van der Waals surface area contributed by atoms with Crippen LogP contribution in [0.5, 0.6) is 0 Å². The highest BCUT2D eigenvalue weighted by atomic mass is 31.2. The minimum atomic E-state index is -4.73. The molecule has 0 radical (unpaired) electrons. The van der Waals surface area contributed by atoms with Crippen molar-refractivity contribution in [1.29, 1.82) is 0 Å². The number of fused-ring (bicyclic) bond motifs is 2. The van der Waals surface area contributed by atoms with Crippen molar-refractivity contribution in [3.05, 3.63) is 29.3 Å². The van der Waals surface area contributed by atoms with E-state index < -0.39 is 50.3 Å². The number of nitrogens with one attached hydrogen (secondary N) is 1. The van der Waals surface area contributed by atoms with E-state index in [-0.39, 0.29) is 42.6 Å². The number of nitrogens with two attached hydrogens (primary N) is 2. The molecule has 6 rings (SSSR count). The van der Waals surface area contributed by atoms with Crippen molar-refractivity contribution in [3.63, 3.8) is 0 Å². The smallest absolute Gasteiger partial charge is 0.388 e. The fourth-order valence-electron chi connectivity index (χ4n) is 5.07. The van der Waals surface area contributed by atoms with E-state index in [9.17, 15) is 14.5 Å². The molecule has 2 aliphatic heterocycles. The molecule has 0 aliphatic carbocycles. The van der Waals surface area contributed by atoms with Crippen LogP contribution >= 0.6 is 7.82 Å². The van der Waals surface area contributed by atoms with Gasteiger partial charge in [0.15, 0.2) is 28.9 Å². The van der Waals surface area contributed by atoms with E-state index in [0.717, 1.165) is 0 Å². The van der Waals surface area contributed by atoms with Crippen molar-refractivity contribution >= 4 is 41.9 Å². The van der Waals surface area contributed by atoms with Crippen LogP contribution in [0.25, 0.3) is 22.3 Å². The Bertz CT molecular complexity index is 1670. The minimum Gasteiger partial charge on any atom is -0.388 e. The summed E-state index contributed by atoms with van der Waals surface area (Å²) in [4.78, 5) is 53.4. The molecule has 0 aromatic carbocycles. The number of anilines is 2. The summed E-state index contributed by atoms with van der Waals surface area (Å²) >= 11 is 0. The lowest BCUT2D eigenvalue weighted by molar-refractivity contribution is -0.115. The molecule has 2 aliphatic rings. The lowest BCUT2D eigenvalue weighted by Crippen LogP contribution is -2.34. The van der Waals surface area contributed by atoms with Crippen LogP contribution in [-0.4, -0.2) is 91.6 Å². The topological polar surface area (TPSA) is 274 Å². The molecule has 4 aromatic heterocycles.